The minimum Gasteiger partial charge on any atom is -0.474 e. The number of halogens is 1. The smallest absolute Gasteiger partial charge is 0.255 e. The monoisotopic (exact) mass is 314 g/mol. The number of aliphatic hydroxyl groups excluding tert-OH is 1. The molecule has 1 amide bonds. The van der Waals surface area contributed by atoms with E-state index in [2.05, 4.69) is 4.98 Å². The van der Waals surface area contributed by atoms with E-state index in [9.17, 15) is 9.90 Å². The van der Waals surface area contributed by atoms with E-state index in [0.29, 0.717) is 16.5 Å². The topological polar surface area (TPSA) is 62.7 Å². The van der Waals surface area contributed by atoms with Gasteiger partial charge in [-0.1, -0.05) is 11.6 Å². The van der Waals surface area contributed by atoms with E-state index in [-0.39, 0.29) is 24.6 Å². The minimum atomic E-state index is -0.594. The number of aliphatic hydroxyl groups is 1. The first-order chi connectivity index (χ1) is 9.72. The summed E-state index contributed by atoms with van der Waals surface area (Å²) < 4.78 is 5.44. The van der Waals surface area contributed by atoms with Crippen molar-refractivity contribution >= 4 is 17.5 Å². The molecular formula is C15H23ClN2O3. The van der Waals surface area contributed by atoms with Crippen LogP contribution in [-0.2, 0) is 0 Å². The minimum absolute atomic E-state index is 0.0301. The van der Waals surface area contributed by atoms with E-state index < -0.39 is 6.10 Å². The van der Waals surface area contributed by atoms with Gasteiger partial charge in [-0.3, -0.25) is 4.79 Å². The summed E-state index contributed by atoms with van der Waals surface area (Å²) in [5.41, 5.74) is 0.380. The Morgan fingerprint density at radius 2 is 2.00 bits per heavy atom. The van der Waals surface area contributed by atoms with Crippen LogP contribution in [0.4, 0.5) is 0 Å². The number of aromatic nitrogens is 1. The highest BCUT2D eigenvalue weighted by atomic mass is 35.5. The van der Waals surface area contributed by atoms with Crippen molar-refractivity contribution in [2.45, 2.75) is 52.9 Å². The van der Waals surface area contributed by atoms with Crippen molar-refractivity contribution in [2.24, 2.45) is 0 Å². The highest BCUT2D eigenvalue weighted by Gasteiger charge is 2.21. The number of ether oxygens (including phenoxy) is 1. The second kappa shape index (κ2) is 7.61. The van der Waals surface area contributed by atoms with Crippen LogP contribution in [0.3, 0.4) is 0 Å². The fourth-order valence-corrected chi connectivity index (χ4v) is 2.04. The van der Waals surface area contributed by atoms with Gasteiger partial charge in [0.15, 0.2) is 0 Å². The molecule has 1 atom stereocenters. The summed E-state index contributed by atoms with van der Waals surface area (Å²) in [6.07, 6.45) is 0.811. The second-order valence-electron chi connectivity index (χ2n) is 5.58. The lowest BCUT2D eigenvalue weighted by Gasteiger charge is -2.28. The third-order valence-electron chi connectivity index (χ3n) is 2.75. The van der Waals surface area contributed by atoms with E-state index >= 15 is 0 Å². The molecule has 5 nitrogen and oxygen atoms in total. The fourth-order valence-electron chi connectivity index (χ4n) is 1.83. The Morgan fingerprint density at radius 3 is 2.43 bits per heavy atom. The van der Waals surface area contributed by atoms with Crippen LogP contribution in [0.1, 0.15) is 45.0 Å². The van der Waals surface area contributed by atoms with Crippen molar-refractivity contribution in [3.63, 3.8) is 0 Å². The normalized spacial score (nSPS) is 12.6. The number of carbonyl (C=O) groups is 1. The maximum atomic E-state index is 12.5. The largest absolute Gasteiger partial charge is 0.474 e. The quantitative estimate of drug-likeness (QED) is 0.877. The van der Waals surface area contributed by atoms with Gasteiger partial charge in [-0.05, 0) is 40.7 Å². The van der Waals surface area contributed by atoms with Crippen molar-refractivity contribution in [1.82, 2.24) is 9.88 Å². The Hall–Kier alpha value is -1.33. The molecule has 1 rings (SSSR count). The molecule has 0 bridgehead atoms. The van der Waals surface area contributed by atoms with Gasteiger partial charge < -0.3 is 14.7 Å². The molecule has 0 aliphatic heterocycles. The lowest BCUT2D eigenvalue weighted by Crippen LogP contribution is -2.41. The average Bonchev–Trinajstić information content (AvgIpc) is 2.36. The van der Waals surface area contributed by atoms with Crippen LogP contribution < -0.4 is 4.74 Å². The molecule has 21 heavy (non-hydrogen) atoms. The molecule has 6 heteroatoms. The number of pyridine rings is 1. The van der Waals surface area contributed by atoms with Gasteiger partial charge in [0.1, 0.15) is 5.02 Å². The Bertz CT molecular complexity index is 490. The van der Waals surface area contributed by atoms with E-state index in [1.165, 1.54) is 6.20 Å². The molecule has 1 aromatic heterocycles. The van der Waals surface area contributed by atoms with Crippen molar-refractivity contribution in [1.29, 1.82) is 0 Å². The molecule has 0 aliphatic carbocycles. The van der Waals surface area contributed by atoms with Gasteiger partial charge >= 0.3 is 0 Å². The zero-order valence-electron chi connectivity index (χ0n) is 13.1. The highest BCUT2D eigenvalue weighted by molar-refractivity contribution is 6.32. The van der Waals surface area contributed by atoms with E-state index in [4.69, 9.17) is 16.3 Å². The van der Waals surface area contributed by atoms with Gasteiger partial charge in [0.25, 0.3) is 5.91 Å². The van der Waals surface area contributed by atoms with Gasteiger partial charge in [-0.15, -0.1) is 0 Å². The molecule has 0 saturated carbocycles. The number of nitrogens with zero attached hydrogens (tertiary/aromatic N) is 2. The Kier molecular flexibility index (Phi) is 6.42. The molecule has 0 saturated heterocycles. The number of hydrogen-bond acceptors (Lipinski definition) is 4. The first-order valence-electron chi connectivity index (χ1n) is 7.03. The fraction of sp³-hybridized carbons (Fsp3) is 0.600. The molecular weight excluding hydrogens is 292 g/mol. The molecule has 0 aromatic carbocycles. The summed E-state index contributed by atoms with van der Waals surface area (Å²) in [4.78, 5) is 18.2. The summed E-state index contributed by atoms with van der Waals surface area (Å²) in [5.74, 6) is 0.103. The van der Waals surface area contributed by atoms with Gasteiger partial charge in [-0.2, -0.15) is 0 Å². The summed E-state index contributed by atoms with van der Waals surface area (Å²) in [5, 5.41) is 9.81. The number of rotatable bonds is 6. The maximum absolute atomic E-state index is 12.5. The van der Waals surface area contributed by atoms with Crippen LogP contribution in [0.25, 0.3) is 0 Å². The van der Waals surface area contributed by atoms with Gasteiger partial charge in [0.05, 0.1) is 17.8 Å². The van der Waals surface area contributed by atoms with Crippen molar-refractivity contribution in [3.8, 4) is 5.88 Å². The molecule has 118 valence electrons. The number of hydrogen-bond donors (Lipinski definition) is 1. The van der Waals surface area contributed by atoms with Crippen LogP contribution in [0, 0.1) is 0 Å². The van der Waals surface area contributed by atoms with Crippen molar-refractivity contribution < 1.29 is 14.6 Å². The zero-order valence-corrected chi connectivity index (χ0v) is 13.9. The van der Waals surface area contributed by atoms with Crippen LogP contribution in [0.2, 0.25) is 5.02 Å². The van der Waals surface area contributed by atoms with Crippen LogP contribution in [0.5, 0.6) is 5.88 Å². The number of carbonyl (C=O) groups excluding carboxylic acids is 1. The van der Waals surface area contributed by atoms with Gasteiger partial charge in [0, 0.05) is 18.8 Å². The molecule has 0 fully saturated rings. The zero-order chi connectivity index (χ0) is 16.2. The van der Waals surface area contributed by atoms with Crippen molar-refractivity contribution in [2.75, 3.05) is 6.54 Å². The van der Waals surface area contributed by atoms with Crippen molar-refractivity contribution in [3.05, 3.63) is 22.8 Å². The predicted octanol–water partition coefficient (Wildman–Crippen LogP) is 2.75. The van der Waals surface area contributed by atoms with Crippen LogP contribution >= 0.6 is 11.6 Å². The summed E-state index contributed by atoms with van der Waals surface area (Å²) in [6.45, 7) is 9.45. The molecule has 1 unspecified atom stereocenters. The molecule has 1 heterocycles. The Morgan fingerprint density at radius 1 is 1.38 bits per heavy atom. The standard InChI is InChI=1S/C15H23ClN2O3/c1-9(2)18(8-11(5)19)15(20)12-6-13(16)14(17-7-12)21-10(3)4/h6-7,9-11,19H,8H2,1-5H3. The summed E-state index contributed by atoms with van der Waals surface area (Å²) >= 11 is 6.10. The third kappa shape index (κ3) is 5.17. The molecule has 0 radical (unpaired) electrons. The van der Waals surface area contributed by atoms with E-state index in [0.717, 1.165) is 0 Å². The van der Waals surface area contributed by atoms with E-state index in [1.54, 1.807) is 17.9 Å². The summed E-state index contributed by atoms with van der Waals surface area (Å²) in [7, 11) is 0. The maximum Gasteiger partial charge on any atom is 0.255 e. The van der Waals surface area contributed by atoms with Crippen LogP contribution in [-0.4, -0.2) is 45.7 Å². The molecule has 1 aromatic rings. The second-order valence-corrected chi connectivity index (χ2v) is 5.99. The van der Waals surface area contributed by atoms with E-state index in [1.807, 2.05) is 27.7 Å². The highest BCUT2D eigenvalue weighted by Crippen LogP contribution is 2.24. The van der Waals surface area contributed by atoms with Gasteiger partial charge in [0.2, 0.25) is 5.88 Å². The number of amides is 1. The molecule has 0 spiro atoms. The SMILES string of the molecule is CC(O)CN(C(=O)c1cnc(OC(C)C)c(Cl)c1)C(C)C. The molecule has 0 aliphatic rings. The lowest BCUT2D eigenvalue weighted by atomic mass is 10.2. The average molecular weight is 315 g/mol. The van der Waals surface area contributed by atoms with Crippen LogP contribution in [0.15, 0.2) is 12.3 Å². The predicted molar refractivity (Wildman–Crippen MR) is 82.9 cm³/mol. The Balaban J connectivity index is 2.98. The first-order valence-corrected chi connectivity index (χ1v) is 7.41. The Labute approximate surface area is 130 Å². The van der Waals surface area contributed by atoms with Gasteiger partial charge in [-0.25, -0.2) is 4.98 Å². The third-order valence-corrected chi connectivity index (χ3v) is 3.02. The lowest BCUT2D eigenvalue weighted by molar-refractivity contribution is 0.0578. The molecule has 1 N–H and O–H groups in total. The first kappa shape index (κ1) is 17.7. The summed E-state index contributed by atoms with van der Waals surface area (Å²) in [6, 6.07) is 1.52.